The third-order valence-electron chi connectivity index (χ3n) is 4.69. The van der Waals surface area contributed by atoms with Gasteiger partial charge in [0.25, 0.3) is 5.91 Å². The standard InChI is InChI=1S/C21H23N3O4/c1-4-21(2)19(25)24(20(26)23-21)22-13-16-10-11-17(27-3)18(12-16)28-14-15-8-6-5-7-9-15/h5-13H,4,14H2,1-3H3,(H,23,26)/b22-13-/t21-/m0/s1. The maximum Gasteiger partial charge on any atom is 0.346 e. The van der Waals surface area contributed by atoms with E-state index in [2.05, 4.69) is 10.4 Å². The second-order valence-corrected chi connectivity index (χ2v) is 6.66. The van der Waals surface area contributed by atoms with Crippen molar-refractivity contribution in [2.24, 2.45) is 5.10 Å². The molecule has 3 amide bonds. The van der Waals surface area contributed by atoms with Crippen molar-refractivity contribution in [3.63, 3.8) is 0 Å². The predicted octanol–water partition coefficient (Wildman–Crippen LogP) is 3.33. The molecule has 1 N–H and O–H groups in total. The quantitative estimate of drug-likeness (QED) is 0.589. The van der Waals surface area contributed by atoms with Crippen molar-refractivity contribution in [3.8, 4) is 11.5 Å². The molecule has 146 valence electrons. The Morgan fingerprint density at radius 3 is 2.54 bits per heavy atom. The van der Waals surface area contributed by atoms with E-state index in [1.54, 1.807) is 32.2 Å². The number of carbonyl (C=O) groups is 2. The Labute approximate surface area is 163 Å². The zero-order valence-corrected chi connectivity index (χ0v) is 16.1. The van der Waals surface area contributed by atoms with Crippen molar-refractivity contribution in [1.82, 2.24) is 10.3 Å². The molecule has 0 aromatic heterocycles. The number of hydrogen-bond donors (Lipinski definition) is 1. The molecular weight excluding hydrogens is 358 g/mol. The minimum atomic E-state index is -0.918. The van der Waals surface area contributed by atoms with Gasteiger partial charge in [0.15, 0.2) is 11.5 Å². The van der Waals surface area contributed by atoms with Gasteiger partial charge in [-0.15, -0.1) is 5.01 Å². The average Bonchev–Trinajstić information content (AvgIpc) is 2.94. The second-order valence-electron chi connectivity index (χ2n) is 6.66. The lowest BCUT2D eigenvalue weighted by atomic mass is 10.00. The molecule has 0 radical (unpaired) electrons. The minimum absolute atomic E-state index is 0.370. The number of hydrazone groups is 1. The molecule has 3 rings (SSSR count). The first-order valence-electron chi connectivity index (χ1n) is 9.02. The van der Waals surface area contributed by atoms with Gasteiger partial charge in [-0.3, -0.25) is 4.79 Å². The molecule has 0 spiro atoms. The number of nitrogens with zero attached hydrogens (tertiary/aromatic N) is 2. The number of hydrogen-bond acceptors (Lipinski definition) is 5. The lowest BCUT2D eigenvalue weighted by molar-refractivity contribution is -0.130. The van der Waals surface area contributed by atoms with Crippen LogP contribution in [0.5, 0.6) is 11.5 Å². The predicted molar refractivity (Wildman–Crippen MR) is 105 cm³/mol. The Morgan fingerprint density at radius 2 is 1.89 bits per heavy atom. The van der Waals surface area contributed by atoms with E-state index in [4.69, 9.17) is 9.47 Å². The number of methoxy groups -OCH3 is 1. The maximum absolute atomic E-state index is 12.4. The van der Waals surface area contributed by atoms with Crippen LogP contribution in [0, 0.1) is 0 Å². The van der Waals surface area contributed by atoms with Gasteiger partial charge in [0.1, 0.15) is 12.1 Å². The number of ether oxygens (including phenoxy) is 2. The molecule has 0 saturated carbocycles. The largest absolute Gasteiger partial charge is 0.493 e. The van der Waals surface area contributed by atoms with Crippen LogP contribution in [-0.2, 0) is 11.4 Å². The summed E-state index contributed by atoms with van der Waals surface area (Å²) in [6, 6.07) is 14.5. The number of rotatable bonds is 7. The van der Waals surface area contributed by atoms with Gasteiger partial charge in [0.2, 0.25) is 0 Å². The lowest BCUT2D eigenvalue weighted by Gasteiger charge is -2.17. The number of benzene rings is 2. The van der Waals surface area contributed by atoms with Crippen molar-refractivity contribution in [3.05, 3.63) is 59.7 Å². The number of imide groups is 1. The van der Waals surface area contributed by atoms with Gasteiger partial charge < -0.3 is 14.8 Å². The van der Waals surface area contributed by atoms with Gasteiger partial charge in [-0.1, -0.05) is 37.3 Å². The SMILES string of the molecule is CC[C@]1(C)NC(=O)N(/N=C\c2ccc(OC)c(OCc3ccccc3)c2)C1=O. The molecule has 28 heavy (non-hydrogen) atoms. The molecule has 1 aliphatic rings. The zero-order valence-electron chi connectivity index (χ0n) is 16.1. The zero-order chi connectivity index (χ0) is 20.1. The first kappa shape index (κ1) is 19.4. The van der Waals surface area contributed by atoms with Crippen LogP contribution in [0.3, 0.4) is 0 Å². The summed E-state index contributed by atoms with van der Waals surface area (Å²) in [5.41, 5.74) is 0.787. The molecule has 0 unspecified atom stereocenters. The summed E-state index contributed by atoms with van der Waals surface area (Å²) in [5.74, 6) is 0.762. The van der Waals surface area contributed by atoms with Crippen LogP contribution in [0.1, 0.15) is 31.4 Å². The summed E-state index contributed by atoms with van der Waals surface area (Å²) in [6.07, 6.45) is 1.94. The van der Waals surface area contributed by atoms with Gasteiger partial charge in [0.05, 0.1) is 13.3 Å². The molecule has 1 saturated heterocycles. The Bertz CT molecular complexity index is 898. The molecule has 1 fully saturated rings. The smallest absolute Gasteiger partial charge is 0.346 e. The molecule has 1 heterocycles. The molecule has 0 aliphatic carbocycles. The molecule has 7 nitrogen and oxygen atoms in total. The van der Waals surface area contributed by atoms with E-state index in [9.17, 15) is 9.59 Å². The second kappa shape index (κ2) is 8.12. The minimum Gasteiger partial charge on any atom is -0.493 e. The molecule has 2 aromatic rings. The van der Waals surface area contributed by atoms with E-state index in [0.717, 1.165) is 10.6 Å². The molecule has 1 aliphatic heterocycles. The molecule has 0 bridgehead atoms. The first-order chi connectivity index (χ1) is 13.5. The molecular formula is C21H23N3O4. The summed E-state index contributed by atoms with van der Waals surface area (Å²) in [7, 11) is 1.57. The lowest BCUT2D eigenvalue weighted by Crippen LogP contribution is -2.42. The van der Waals surface area contributed by atoms with Crippen LogP contribution in [-0.4, -0.2) is 35.8 Å². The topological polar surface area (TPSA) is 80.2 Å². The number of nitrogens with one attached hydrogen (secondary N) is 1. The van der Waals surface area contributed by atoms with E-state index in [1.807, 2.05) is 37.3 Å². The highest BCUT2D eigenvalue weighted by Gasteiger charge is 2.46. The van der Waals surface area contributed by atoms with Crippen molar-refractivity contribution >= 4 is 18.2 Å². The van der Waals surface area contributed by atoms with Gasteiger partial charge in [-0.2, -0.15) is 5.10 Å². The number of urea groups is 1. The van der Waals surface area contributed by atoms with Gasteiger partial charge >= 0.3 is 6.03 Å². The Morgan fingerprint density at radius 1 is 1.14 bits per heavy atom. The highest BCUT2D eigenvalue weighted by molar-refractivity contribution is 6.07. The van der Waals surface area contributed by atoms with Crippen LogP contribution in [0.2, 0.25) is 0 Å². The Hall–Kier alpha value is -3.35. The summed E-state index contributed by atoms with van der Waals surface area (Å²) in [6.45, 7) is 3.91. The molecule has 2 aromatic carbocycles. The summed E-state index contributed by atoms with van der Waals surface area (Å²) in [5, 5.41) is 7.59. The van der Waals surface area contributed by atoms with Crippen LogP contribution in [0.15, 0.2) is 53.6 Å². The van der Waals surface area contributed by atoms with E-state index >= 15 is 0 Å². The fourth-order valence-electron chi connectivity index (χ4n) is 2.76. The van der Waals surface area contributed by atoms with Crippen molar-refractivity contribution in [1.29, 1.82) is 0 Å². The van der Waals surface area contributed by atoms with Gasteiger partial charge in [-0.25, -0.2) is 4.79 Å². The van der Waals surface area contributed by atoms with E-state index < -0.39 is 11.6 Å². The van der Waals surface area contributed by atoms with Crippen molar-refractivity contribution in [2.75, 3.05) is 7.11 Å². The number of amides is 3. The summed E-state index contributed by atoms with van der Waals surface area (Å²) in [4.78, 5) is 24.4. The normalized spacial score (nSPS) is 19.2. The Balaban J connectivity index is 1.76. The van der Waals surface area contributed by atoms with E-state index in [-0.39, 0.29) is 5.91 Å². The monoisotopic (exact) mass is 381 g/mol. The highest BCUT2D eigenvalue weighted by Crippen LogP contribution is 2.28. The molecule has 7 heteroatoms. The van der Waals surface area contributed by atoms with Crippen molar-refractivity contribution < 1.29 is 19.1 Å². The van der Waals surface area contributed by atoms with Crippen LogP contribution in [0.4, 0.5) is 4.79 Å². The fraction of sp³-hybridized carbons (Fsp3) is 0.286. The number of carbonyl (C=O) groups excluding carboxylic acids is 2. The fourth-order valence-corrected chi connectivity index (χ4v) is 2.76. The van der Waals surface area contributed by atoms with Gasteiger partial charge in [-0.05, 0) is 42.7 Å². The van der Waals surface area contributed by atoms with E-state index in [0.29, 0.717) is 30.1 Å². The molecule has 1 atom stereocenters. The average molecular weight is 381 g/mol. The van der Waals surface area contributed by atoms with Crippen LogP contribution < -0.4 is 14.8 Å². The van der Waals surface area contributed by atoms with Crippen molar-refractivity contribution in [2.45, 2.75) is 32.4 Å². The van der Waals surface area contributed by atoms with Crippen LogP contribution in [0.25, 0.3) is 0 Å². The van der Waals surface area contributed by atoms with Crippen LogP contribution >= 0.6 is 0 Å². The first-order valence-corrected chi connectivity index (χ1v) is 9.02. The van der Waals surface area contributed by atoms with E-state index in [1.165, 1.54) is 6.21 Å². The third-order valence-corrected chi connectivity index (χ3v) is 4.69. The Kier molecular flexibility index (Phi) is 5.63. The summed E-state index contributed by atoms with van der Waals surface area (Å²) >= 11 is 0. The summed E-state index contributed by atoms with van der Waals surface area (Å²) < 4.78 is 11.2. The highest BCUT2D eigenvalue weighted by atomic mass is 16.5. The van der Waals surface area contributed by atoms with Gasteiger partial charge in [0, 0.05) is 0 Å². The maximum atomic E-state index is 12.4. The third kappa shape index (κ3) is 3.98.